The van der Waals surface area contributed by atoms with E-state index in [1.165, 1.54) is 31.2 Å². The molecule has 0 amide bonds. The van der Waals surface area contributed by atoms with Gasteiger partial charge in [-0.25, -0.2) is 0 Å². The van der Waals surface area contributed by atoms with Crippen LogP contribution in [-0.2, 0) is 6.42 Å². The highest BCUT2D eigenvalue weighted by Gasteiger charge is 2.16. The molecule has 0 spiro atoms. The summed E-state index contributed by atoms with van der Waals surface area (Å²) in [5, 5.41) is 0. The summed E-state index contributed by atoms with van der Waals surface area (Å²) in [7, 11) is 0. The molecular weight excluding hydrogens is 210 g/mol. The van der Waals surface area contributed by atoms with Gasteiger partial charge in [-0.05, 0) is 56.2 Å². The fourth-order valence-electron chi connectivity index (χ4n) is 2.35. The molecule has 0 aliphatic heterocycles. The number of hydrogen-bond acceptors (Lipinski definition) is 2. The van der Waals surface area contributed by atoms with Crippen LogP contribution in [0, 0.1) is 0 Å². The molecule has 1 aromatic carbocycles. The Balaban J connectivity index is 1.88. The molecule has 1 unspecified atom stereocenters. The minimum absolute atomic E-state index is 0.275. The monoisotopic (exact) mass is 233 g/mol. The minimum Gasteiger partial charge on any atom is -0.490 e. The largest absolute Gasteiger partial charge is 0.490 e. The summed E-state index contributed by atoms with van der Waals surface area (Å²) >= 11 is 0. The van der Waals surface area contributed by atoms with E-state index in [-0.39, 0.29) is 6.04 Å². The minimum atomic E-state index is 0.275. The van der Waals surface area contributed by atoms with Crippen molar-refractivity contribution < 1.29 is 4.74 Å². The van der Waals surface area contributed by atoms with E-state index in [1.54, 1.807) is 0 Å². The molecule has 0 bridgehead atoms. The van der Waals surface area contributed by atoms with Crippen LogP contribution in [0.2, 0.25) is 0 Å². The Bertz CT molecular complexity index is 327. The van der Waals surface area contributed by atoms with E-state index in [9.17, 15) is 0 Å². The van der Waals surface area contributed by atoms with Crippen molar-refractivity contribution in [3.63, 3.8) is 0 Å². The topological polar surface area (TPSA) is 35.2 Å². The smallest absolute Gasteiger partial charge is 0.119 e. The van der Waals surface area contributed by atoms with E-state index < -0.39 is 0 Å². The van der Waals surface area contributed by atoms with E-state index in [1.807, 2.05) is 0 Å². The lowest BCUT2D eigenvalue weighted by molar-refractivity contribution is 0.210. The maximum absolute atomic E-state index is 5.94. The first-order valence-corrected chi connectivity index (χ1v) is 6.79. The Labute approximate surface area is 104 Å². The molecule has 17 heavy (non-hydrogen) atoms. The molecular formula is C15H23NO. The third kappa shape index (κ3) is 3.74. The van der Waals surface area contributed by atoms with Gasteiger partial charge in [-0.1, -0.05) is 19.1 Å². The van der Waals surface area contributed by atoms with Gasteiger partial charge in [0.2, 0.25) is 0 Å². The zero-order valence-corrected chi connectivity index (χ0v) is 10.7. The lowest BCUT2D eigenvalue weighted by atomic mass is 10.0. The standard InChI is InChI=1S/C15H23NO/c1-2-13(16)11-12-7-9-15(10-8-12)17-14-5-3-4-6-14/h7-10,13-14H,2-6,11,16H2,1H3. The molecule has 2 rings (SSSR count). The van der Waals surface area contributed by atoms with Crippen LogP contribution >= 0.6 is 0 Å². The van der Waals surface area contributed by atoms with Gasteiger partial charge in [-0.2, -0.15) is 0 Å². The first-order valence-electron chi connectivity index (χ1n) is 6.79. The van der Waals surface area contributed by atoms with Crippen LogP contribution in [0.5, 0.6) is 5.75 Å². The molecule has 0 heterocycles. The summed E-state index contributed by atoms with van der Waals surface area (Å²) in [6, 6.07) is 8.71. The first kappa shape index (κ1) is 12.4. The number of rotatable bonds is 5. The average molecular weight is 233 g/mol. The van der Waals surface area contributed by atoms with Crippen LogP contribution in [-0.4, -0.2) is 12.1 Å². The van der Waals surface area contributed by atoms with E-state index in [0.29, 0.717) is 6.10 Å². The fraction of sp³-hybridized carbons (Fsp3) is 0.600. The molecule has 0 radical (unpaired) electrons. The molecule has 1 atom stereocenters. The summed E-state index contributed by atoms with van der Waals surface area (Å²) in [6.07, 6.45) is 7.48. The summed E-state index contributed by atoms with van der Waals surface area (Å²) in [5.41, 5.74) is 7.25. The van der Waals surface area contributed by atoms with Gasteiger partial charge in [0.15, 0.2) is 0 Å². The normalized spacial score (nSPS) is 18.2. The summed E-state index contributed by atoms with van der Waals surface area (Å²) < 4.78 is 5.93. The van der Waals surface area contributed by atoms with E-state index in [2.05, 4.69) is 31.2 Å². The van der Waals surface area contributed by atoms with Crippen LogP contribution in [0.15, 0.2) is 24.3 Å². The van der Waals surface area contributed by atoms with E-state index >= 15 is 0 Å². The Hall–Kier alpha value is -1.02. The quantitative estimate of drug-likeness (QED) is 0.847. The predicted molar refractivity (Wildman–Crippen MR) is 71.3 cm³/mol. The van der Waals surface area contributed by atoms with Crippen molar-refractivity contribution in [2.24, 2.45) is 5.73 Å². The number of nitrogens with two attached hydrogens (primary N) is 1. The van der Waals surface area contributed by atoms with Crippen molar-refractivity contribution in [3.05, 3.63) is 29.8 Å². The second-order valence-electron chi connectivity index (χ2n) is 5.04. The van der Waals surface area contributed by atoms with Crippen molar-refractivity contribution in [2.75, 3.05) is 0 Å². The molecule has 1 aromatic rings. The van der Waals surface area contributed by atoms with Crippen molar-refractivity contribution in [3.8, 4) is 5.75 Å². The number of hydrogen-bond donors (Lipinski definition) is 1. The van der Waals surface area contributed by atoms with Crippen LogP contribution < -0.4 is 10.5 Å². The van der Waals surface area contributed by atoms with Gasteiger partial charge in [0.1, 0.15) is 5.75 Å². The highest BCUT2D eigenvalue weighted by atomic mass is 16.5. The molecule has 0 aromatic heterocycles. The number of benzene rings is 1. The van der Waals surface area contributed by atoms with Gasteiger partial charge in [0.05, 0.1) is 6.10 Å². The third-order valence-electron chi connectivity index (χ3n) is 3.55. The highest BCUT2D eigenvalue weighted by Crippen LogP contribution is 2.24. The molecule has 2 nitrogen and oxygen atoms in total. The molecule has 1 saturated carbocycles. The zero-order valence-electron chi connectivity index (χ0n) is 10.7. The van der Waals surface area contributed by atoms with Crippen molar-refractivity contribution in [2.45, 2.75) is 57.6 Å². The van der Waals surface area contributed by atoms with E-state index in [4.69, 9.17) is 10.5 Å². The Morgan fingerprint density at radius 2 is 1.88 bits per heavy atom. The van der Waals surface area contributed by atoms with Crippen LogP contribution in [0.4, 0.5) is 0 Å². The van der Waals surface area contributed by atoms with Crippen LogP contribution in [0.1, 0.15) is 44.6 Å². The zero-order chi connectivity index (χ0) is 12.1. The summed E-state index contributed by atoms with van der Waals surface area (Å²) in [5.74, 6) is 1.01. The van der Waals surface area contributed by atoms with Gasteiger partial charge in [0, 0.05) is 6.04 Å². The van der Waals surface area contributed by atoms with Crippen molar-refractivity contribution >= 4 is 0 Å². The lowest BCUT2D eigenvalue weighted by Gasteiger charge is -2.14. The van der Waals surface area contributed by atoms with Crippen LogP contribution in [0.3, 0.4) is 0 Å². The Morgan fingerprint density at radius 1 is 1.24 bits per heavy atom. The predicted octanol–water partition coefficient (Wildman–Crippen LogP) is 3.29. The van der Waals surface area contributed by atoms with Gasteiger partial charge in [0.25, 0.3) is 0 Å². The molecule has 2 N–H and O–H groups in total. The highest BCUT2D eigenvalue weighted by molar-refractivity contribution is 5.28. The molecule has 1 aliphatic carbocycles. The number of ether oxygens (including phenoxy) is 1. The first-order chi connectivity index (χ1) is 8.28. The second-order valence-corrected chi connectivity index (χ2v) is 5.04. The van der Waals surface area contributed by atoms with E-state index in [0.717, 1.165) is 18.6 Å². The average Bonchev–Trinajstić information content (AvgIpc) is 2.84. The molecule has 1 aliphatic rings. The second kappa shape index (κ2) is 6.06. The van der Waals surface area contributed by atoms with Gasteiger partial charge in [-0.3, -0.25) is 0 Å². The lowest BCUT2D eigenvalue weighted by Crippen LogP contribution is -2.21. The maximum atomic E-state index is 5.94. The summed E-state index contributed by atoms with van der Waals surface area (Å²) in [6.45, 7) is 2.13. The third-order valence-corrected chi connectivity index (χ3v) is 3.55. The Kier molecular flexibility index (Phi) is 4.43. The summed E-state index contributed by atoms with van der Waals surface area (Å²) in [4.78, 5) is 0. The molecule has 1 fully saturated rings. The van der Waals surface area contributed by atoms with Gasteiger partial charge < -0.3 is 10.5 Å². The molecule has 94 valence electrons. The van der Waals surface area contributed by atoms with Gasteiger partial charge in [-0.15, -0.1) is 0 Å². The SMILES string of the molecule is CCC(N)Cc1ccc(OC2CCCC2)cc1. The maximum Gasteiger partial charge on any atom is 0.119 e. The van der Waals surface area contributed by atoms with Crippen molar-refractivity contribution in [1.29, 1.82) is 0 Å². The molecule has 0 saturated heterocycles. The fourth-order valence-corrected chi connectivity index (χ4v) is 2.35. The molecule has 2 heteroatoms. The Morgan fingerprint density at radius 3 is 2.47 bits per heavy atom. The van der Waals surface area contributed by atoms with Gasteiger partial charge >= 0.3 is 0 Å². The van der Waals surface area contributed by atoms with Crippen molar-refractivity contribution in [1.82, 2.24) is 0 Å². The van der Waals surface area contributed by atoms with Crippen LogP contribution in [0.25, 0.3) is 0 Å².